The number of hydrogen-bond acceptors (Lipinski definition) is 19. The van der Waals surface area contributed by atoms with Crippen LogP contribution in [0.15, 0.2) is 236 Å². The van der Waals surface area contributed by atoms with Crippen molar-refractivity contribution in [2.24, 2.45) is 35.5 Å². The summed E-state index contributed by atoms with van der Waals surface area (Å²) in [6.45, 7) is 12.8. The third-order valence-electron chi connectivity index (χ3n) is 28.4. The van der Waals surface area contributed by atoms with Gasteiger partial charge >= 0.3 is 0 Å². The fourth-order valence-electron chi connectivity index (χ4n) is 20.9. The molecule has 0 spiro atoms. The number of allylic oxidation sites excluding steroid dienone is 4. The highest BCUT2D eigenvalue weighted by molar-refractivity contribution is 5.80. The SMILES string of the molecule is CCOc1ccccc1-n1ncc2c(=O)[nH]c(CC3CCCC3)nc21.CCc1ccccc1-n1ncc2c(=O)[nH]c(CC3C=CCC3)nc21.Cc1cccc(-n2ncc3c(=O)[nH]c(CC4CCCC4)nc32)c1.Cc1ccccc1-n1ncc2c(=O)[nH]c(CC3C=CCC3)nc21.Cc1ccccc1-n1ncc2c(=O)[nH]c(CC3CCCC3)nc21.Cc1ccccc1-n1ncc2c(=O)[nH]c(CC3CCCCC3)nc21. The second-order valence-electron chi connectivity index (χ2n) is 38.6. The number of aromatic amines is 6. The Balaban J connectivity index is 0.000000108. The number of benzene rings is 6. The lowest BCUT2D eigenvalue weighted by Crippen LogP contribution is -2.17. The Morgan fingerprint density at radius 3 is 0.915 bits per heavy atom. The second kappa shape index (κ2) is 44.0. The highest BCUT2D eigenvalue weighted by Crippen LogP contribution is 2.35. The molecule has 12 aromatic heterocycles. The van der Waals surface area contributed by atoms with Crippen LogP contribution in [0.4, 0.5) is 0 Å². The van der Waals surface area contributed by atoms with Crippen molar-refractivity contribution in [1.29, 1.82) is 0 Å². The normalized spacial score (nSPS) is 16.0. The lowest BCUT2D eigenvalue weighted by Gasteiger charge is -2.20. The number of aromatic nitrogens is 24. The highest BCUT2D eigenvalue weighted by Gasteiger charge is 2.27. The number of para-hydroxylation sites is 6. The largest absolute Gasteiger partial charge is 0.492 e. The van der Waals surface area contributed by atoms with Gasteiger partial charge in [0.05, 0.1) is 72.2 Å². The van der Waals surface area contributed by atoms with E-state index in [1.54, 1.807) is 65.3 Å². The van der Waals surface area contributed by atoms with Crippen LogP contribution in [0, 0.1) is 63.2 Å². The smallest absolute Gasteiger partial charge is 0.262 e. The average molecular weight is 1900 g/mol. The van der Waals surface area contributed by atoms with Gasteiger partial charge in [-0.3, -0.25) is 28.8 Å². The van der Waals surface area contributed by atoms with E-state index >= 15 is 0 Å². The summed E-state index contributed by atoms with van der Waals surface area (Å²) < 4.78 is 16.3. The Morgan fingerprint density at radius 1 is 0.303 bits per heavy atom. The Kier molecular flexibility index (Phi) is 29.6. The molecule has 142 heavy (non-hydrogen) atoms. The molecule has 31 nitrogen and oxygen atoms in total. The summed E-state index contributed by atoms with van der Waals surface area (Å²) in [5, 5.41) is 29.6. The number of aryl methyl sites for hydroxylation is 5. The summed E-state index contributed by atoms with van der Waals surface area (Å²) in [5.74, 6) is 8.76. The van der Waals surface area contributed by atoms with E-state index in [0.717, 1.165) is 168 Å². The van der Waals surface area contributed by atoms with Crippen LogP contribution in [-0.4, -0.2) is 125 Å². The van der Waals surface area contributed by atoms with Gasteiger partial charge in [0, 0.05) is 38.5 Å². The predicted molar refractivity (Wildman–Crippen MR) is 555 cm³/mol. The minimum absolute atomic E-state index is 0.0920. The lowest BCUT2D eigenvalue weighted by molar-refractivity contribution is 0.338. The topological polar surface area (TPSA) is 391 Å². The van der Waals surface area contributed by atoms with Crippen LogP contribution in [0.3, 0.4) is 0 Å². The average Bonchev–Trinajstić information content (AvgIpc) is 1.63. The van der Waals surface area contributed by atoms with Crippen LogP contribution < -0.4 is 38.1 Å². The fraction of sp³-hybridized carbons (Fsp3) is 0.369. The van der Waals surface area contributed by atoms with Gasteiger partial charge in [0.2, 0.25) is 0 Å². The number of hydrogen-bond donors (Lipinski definition) is 6. The van der Waals surface area contributed by atoms with Crippen LogP contribution in [-0.2, 0) is 44.9 Å². The molecule has 31 heteroatoms. The maximum Gasteiger partial charge on any atom is 0.262 e. The van der Waals surface area contributed by atoms with E-state index in [-0.39, 0.29) is 33.4 Å². The summed E-state index contributed by atoms with van der Waals surface area (Å²) in [6, 6.07) is 47.9. The molecule has 6 N–H and O–H groups in total. The molecule has 0 aliphatic heterocycles. The van der Waals surface area contributed by atoms with E-state index in [2.05, 4.69) is 103 Å². The van der Waals surface area contributed by atoms with Crippen molar-refractivity contribution in [2.75, 3.05) is 6.61 Å². The standard InChI is InChI=1S/C19H22N4O2.C19H22N4O.C19H20N4O.C18H20N4O.C18H18N4O.C18H20N4O/c1-2-25-16-10-6-5-9-15(16)23-18-14(12-20-23)19(24)22-17(21-18)11-13-7-3-4-8-13;1-13-7-5-6-10-16(13)23-18-15(12-20-23)19(24)22-17(21-18)11-14-8-3-2-4-9-14;1-2-14-9-5-6-10-16(14)23-18-15(12-20-23)19(24)22-17(21-18)11-13-7-3-4-8-13;2*1-12-6-2-5-9-15(12)22-17-14(11-19-22)18(23)21-16(20-17)10-13-7-3-4-8-13;1-12-5-4-8-14(9-12)22-17-15(11-19-22)18(23)21-16(20-17)10-13-6-2-3-7-13/h5-6,9-10,12-13H,2-4,7-8,11H2,1H3,(H,21,22,24);5-7,10,12,14H,2-4,8-9,11H2,1H3,(H,21,22,24);3,5-7,9-10,12-13H,2,4,8,11H2,1H3,(H,21,22,24);2,5-6,9,11,13H,3-4,7-8,10H2,1H3,(H,20,21,23);2-3,5-7,9,11,13H,4,8,10H2,1H3,(H,20,21,23);4-5,8-9,11,13H,2-3,6-7,10H2,1H3,(H,20,21,23). The van der Waals surface area contributed by atoms with Gasteiger partial charge in [-0.25, -0.2) is 58.0 Å². The van der Waals surface area contributed by atoms with Gasteiger partial charge in [0.1, 0.15) is 78.7 Å². The zero-order valence-electron chi connectivity index (χ0n) is 81.5. The maximum atomic E-state index is 12.4. The van der Waals surface area contributed by atoms with Gasteiger partial charge in [-0.05, 0) is 179 Å². The molecule has 6 aliphatic carbocycles. The van der Waals surface area contributed by atoms with Crippen molar-refractivity contribution in [3.8, 4) is 39.9 Å². The van der Waals surface area contributed by atoms with Crippen molar-refractivity contribution in [3.63, 3.8) is 0 Å². The summed E-state index contributed by atoms with van der Waals surface area (Å²) >= 11 is 0. The van der Waals surface area contributed by atoms with Gasteiger partial charge in [-0.2, -0.15) is 30.6 Å². The van der Waals surface area contributed by atoms with E-state index in [9.17, 15) is 28.8 Å². The van der Waals surface area contributed by atoms with Crippen molar-refractivity contribution in [3.05, 3.63) is 332 Å². The first-order valence-corrected chi connectivity index (χ1v) is 50.6. The van der Waals surface area contributed by atoms with E-state index in [0.29, 0.717) is 108 Å². The van der Waals surface area contributed by atoms with E-state index in [1.165, 1.54) is 115 Å². The van der Waals surface area contributed by atoms with Gasteiger partial charge in [0.15, 0.2) is 33.9 Å². The molecule has 0 amide bonds. The molecule has 12 heterocycles. The molecule has 6 aromatic carbocycles. The Hall–Kier alpha value is -15.3. The molecule has 728 valence electrons. The molecular weight excluding hydrogens is 1780 g/mol. The van der Waals surface area contributed by atoms with Crippen LogP contribution in [0.2, 0.25) is 0 Å². The molecule has 6 aliphatic rings. The lowest BCUT2D eigenvalue weighted by atomic mass is 9.87. The monoisotopic (exact) mass is 1900 g/mol. The first-order chi connectivity index (χ1) is 69.4. The van der Waals surface area contributed by atoms with Crippen molar-refractivity contribution in [1.82, 2.24) is 118 Å². The molecule has 2 unspecified atom stereocenters. The van der Waals surface area contributed by atoms with Crippen LogP contribution >= 0.6 is 0 Å². The quantitative estimate of drug-likeness (QED) is 0.0364. The highest BCUT2D eigenvalue weighted by atomic mass is 16.5. The molecule has 0 bridgehead atoms. The molecule has 4 saturated carbocycles. The molecule has 2 atom stereocenters. The first kappa shape index (κ1) is 95.6. The molecule has 18 aromatic rings. The van der Waals surface area contributed by atoms with Crippen molar-refractivity contribution >= 4 is 66.2 Å². The van der Waals surface area contributed by atoms with Crippen LogP contribution in [0.1, 0.15) is 211 Å². The Morgan fingerprint density at radius 2 is 0.592 bits per heavy atom. The van der Waals surface area contributed by atoms with Gasteiger partial charge in [-0.15, -0.1) is 0 Å². The first-order valence-electron chi connectivity index (χ1n) is 50.6. The number of nitrogens with zero attached hydrogens (tertiary/aromatic N) is 18. The second-order valence-corrected chi connectivity index (χ2v) is 38.6. The number of fused-ring (bicyclic) bond motifs is 6. The summed E-state index contributed by atoms with van der Waals surface area (Å²) in [6.07, 6.45) is 50.1. The van der Waals surface area contributed by atoms with Gasteiger partial charge < -0.3 is 34.6 Å². The number of rotatable bonds is 21. The maximum absolute atomic E-state index is 12.4. The third kappa shape index (κ3) is 21.8. The summed E-state index contributed by atoms with van der Waals surface area (Å²) in [4.78, 5) is 120. The van der Waals surface area contributed by atoms with Gasteiger partial charge in [0.25, 0.3) is 33.4 Å². The summed E-state index contributed by atoms with van der Waals surface area (Å²) in [7, 11) is 0. The molecule has 0 saturated heterocycles. The molecule has 0 radical (unpaired) electrons. The van der Waals surface area contributed by atoms with E-state index in [1.807, 2.05) is 174 Å². The zero-order chi connectivity index (χ0) is 97.7. The van der Waals surface area contributed by atoms with Gasteiger partial charge in [-0.1, -0.05) is 237 Å². The van der Waals surface area contributed by atoms with E-state index < -0.39 is 0 Å². The predicted octanol–water partition coefficient (Wildman–Crippen LogP) is 19.2. The van der Waals surface area contributed by atoms with Crippen LogP contribution in [0.25, 0.3) is 100 Å². The molecular formula is C111H122N24O7. The number of nitrogens with one attached hydrogen (secondary N) is 6. The van der Waals surface area contributed by atoms with Crippen molar-refractivity contribution in [2.45, 2.75) is 221 Å². The third-order valence-corrected chi connectivity index (χ3v) is 28.4. The zero-order valence-corrected chi connectivity index (χ0v) is 81.5. The molecule has 24 rings (SSSR count). The number of ether oxygens (including phenoxy) is 1. The Labute approximate surface area is 820 Å². The fourth-order valence-corrected chi connectivity index (χ4v) is 20.9. The van der Waals surface area contributed by atoms with Crippen LogP contribution in [0.5, 0.6) is 5.75 Å². The summed E-state index contributed by atoms with van der Waals surface area (Å²) in [5.41, 5.74) is 14.4. The molecule has 4 fully saturated rings. The minimum Gasteiger partial charge on any atom is -0.492 e. The Bertz CT molecular complexity index is 7980. The number of H-pyrrole nitrogens is 6. The minimum atomic E-state index is -0.127. The van der Waals surface area contributed by atoms with E-state index in [4.69, 9.17) is 29.7 Å². The van der Waals surface area contributed by atoms with Crippen molar-refractivity contribution < 1.29 is 4.74 Å².